The molecule has 2 heterocycles. The Balaban J connectivity index is 1.43. The molecule has 2 aliphatic rings. The van der Waals surface area contributed by atoms with Crippen LogP contribution in [0.25, 0.3) is 0 Å². The van der Waals surface area contributed by atoms with Gasteiger partial charge in [0.15, 0.2) is 0 Å². The van der Waals surface area contributed by atoms with Crippen LogP contribution in [0.4, 0.5) is 15.9 Å². The summed E-state index contributed by atoms with van der Waals surface area (Å²) in [6.07, 6.45) is 7.82. The monoisotopic (exact) mass is 548 g/mol. The molecule has 1 aromatic heterocycles. The van der Waals surface area contributed by atoms with Gasteiger partial charge >= 0.3 is 142 Å². The van der Waals surface area contributed by atoms with Crippen molar-refractivity contribution in [1.29, 1.82) is 0 Å². The molecule has 0 bridgehead atoms. The van der Waals surface area contributed by atoms with Crippen molar-refractivity contribution in [2.45, 2.75) is 56.9 Å². The minimum atomic E-state index is -1.64. The van der Waals surface area contributed by atoms with Crippen molar-refractivity contribution >= 4 is 35.5 Å². The summed E-state index contributed by atoms with van der Waals surface area (Å²) >= 11 is -1.64. The predicted octanol–water partition coefficient (Wildman–Crippen LogP) is 4.31. The van der Waals surface area contributed by atoms with E-state index in [1.54, 1.807) is 6.08 Å². The Hall–Kier alpha value is -1.82. The maximum atomic E-state index is 15.0. The number of hydrogen-bond acceptors (Lipinski definition) is 5. The van der Waals surface area contributed by atoms with Crippen LogP contribution in [0.3, 0.4) is 0 Å². The number of benzene rings is 1. The molecule has 2 atom stereocenters. The molecular weight excluding hydrogens is 517 g/mol. The van der Waals surface area contributed by atoms with Gasteiger partial charge in [0.1, 0.15) is 12.4 Å². The van der Waals surface area contributed by atoms with Gasteiger partial charge in [-0.3, -0.25) is 0 Å². The van der Waals surface area contributed by atoms with E-state index in [0.717, 1.165) is 42.7 Å². The van der Waals surface area contributed by atoms with Crippen LogP contribution in [-0.4, -0.2) is 42.4 Å². The molecule has 32 heavy (non-hydrogen) atoms. The van der Waals surface area contributed by atoms with Gasteiger partial charge in [-0.1, -0.05) is 6.92 Å². The maximum absolute atomic E-state index is 15.0. The number of ether oxygens (including phenoxy) is 1. The Morgan fingerprint density at radius 2 is 2.25 bits per heavy atom. The summed E-state index contributed by atoms with van der Waals surface area (Å²) in [5.74, 6) is 2.67. The number of anilines is 2. The van der Waals surface area contributed by atoms with Crippen LogP contribution in [0.5, 0.6) is 0 Å². The number of allylic oxidation sites excluding steroid dienone is 3. The van der Waals surface area contributed by atoms with Crippen molar-refractivity contribution in [2.75, 3.05) is 11.9 Å². The average molecular weight is 549 g/mol. The van der Waals surface area contributed by atoms with E-state index in [4.69, 9.17) is 4.74 Å². The zero-order valence-corrected chi connectivity index (χ0v) is 21.5. The van der Waals surface area contributed by atoms with Crippen molar-refractivity contribution < 1.29 is 14.2 Å². The zero-order valence-electron chi connectivity index (χ0n) is 18.9. The number of rotatable bonds is 8. The van der Waals surface area contributed by atoms with E-state index < -0.39 is 20.5 Å². The van der Waals surface area contributed by atoms with Gasteiger partial charge in [-0.15, -0.1) is 0 Å². The molecule has 1 aliphatic heterocycles. The van der Waals surface area contributed by atoms with Crippen LogP contribution in [0.2, 0.25) is 4.87 Å². The molecule has 4 N–H and O–H groups in total. The number of fused-ring (bicyclic) bond motifs is 1. The molecule has 1 aromatic carbocycles. The average Bonchev–Trinajstić information content (AvgIpc) is 3.53. The quantitative estimate of drug-likeness (QED) is 0.292. The van der Waals surface area contributed by atoms with Crippen LogP contribution in [0, 0.1) is 11.7 Å². The first-order valence-electron chi connectivity index (χ1n) is 11.3. The Bertz CT molecular complexity index is 1020. The number of aromatic amines is 1. The van der Waals surface area contributed by atoms with E-state index in [2.05, 4.69) is 42.9 Å². The van der Waals surface area contributed by atoms with Crippen LogP contribution < -0.4 is 12.3 Å². The topological polar surface area (TPSA) is 82.2 Å². The van der Waals surface area contributed by atoms with E-state index in [1.807, 2.05) is 19.1 Å². The summed E-state index contributed by atoms with van der Waals surface area (Å²) in [6.45, 7) is 4.50. The normalized spacial score (nSPS) is 21.8. The number of halogens is 1. The first kappa shape index (κ1) is 23.3. The van der Waals surface area contributed by atoms with E-state index in [1.165, 1.54) is 3.51 Å². The summed E-state index contributed by atoms with van der Waals surface area (Å²) in [5, 5.41) is 20.2. The van der Waals surface area contributed by atoms with Crippen LogP contribution in [-0.2, 0) is 11.3 Å². The summed E-state index contributed by atoms with van der Waals surface area (Å²) in [4.78, 5) is 2.23. The van der Waals surface area contributed by atoms with Crippen LogP contribution in [0.15, 0.2) is 41.9 Å². The summed E-state index contributed by atoms with van der Waals surface area (Å²) < 4.78 is 25.6. The molecular formula is C24H32FN4O2Sb. The molecule has 1 saturated carbocycles. The molecule has 6 nitrogen and oxygen atoms in total. The third-order valence-corrected chi connectivity index (χ3v) is 11.4. The molecule has 1 aliphatic carbocycles. The van der Waals surface area contributed by atoms with Crippen molar-refractivity contribution in [2.24, 2.45) is 5.92 Å². The van der Waals surface area contributed by atoms with Gasteiger partial charge in [0.05, 0.1) is 0 Å². The van der Waals surface area contributed by atoms with Gasteiger partial charge < -0.3 is 9.84 Å². The molecule has 1 fully saturated rings. The Labute approximate surface area is 196 Å². The van der Waals surface area contributed by atoms with Crippen molar-refractivity contribution in [3.8, 4) is 0 Å². The zero-order chi connectivity index (χ0) is 22.7. The summed E-state index contributed by atoms with van der Waals surface area (Å²) in [5.41, 5.74) is 2.35. The van der Waals surface area contributed by atoms with Crippen molar-refractivity contribution in [1.82, 2.24) is 13.7 Å². The molecule has 4 rings (SSSR count). The van der Waals surface area contributed by atoms with E-state index in [-0.39, 0.29) is 12.4 Å². The third-order valence-electron chi connectivity index (χ3n) is 6.34. The fourth-order valence-corrected chi connectivity index (χ4v) is 8.70. The van der Waals surface area contributed by atoms with Gasteiger partial charge in [-0.2, -0.15) is 0 Å². The number of nitrogens with one attached hydrogen (secondary N) is 3. The van der Waals surface area contributed by atoms with Crippen LogP contribution >= 0.6 is 0 Å². The van der Waals surface area contributed by atoms with E-state index in [0.29, 0.717) is 35.6 Å². The standard InChI is InChI=1S/C23H29FN4O2.CH3.Sb/c1-3-6-21(30-18(4-2)14-29)16-10-9-15(11-16)20-12-22(28-27-20)26-19-8-5-7-17(13-25)23(19)24;;/h4-6,8,12,15-16,25,29H,3,9-11,13-14H2,1-2H3,(H2,26,27,28);1H3;/q-1;;+1/b18-4-,21-6+;;. The van der Waals surface area contributed by atoms with Crippen LogP contribution in [0.1, 0.15) is 56.7 Å². The number of aromatic nitrogens is 2. The van der Waals surface area contributed by atoms with E-state index in [9.17, 15) is 9.50 Å². The second kappa shape index (κ2) is 10.4. The first-order chi connectivity index (χ1) is 15.5. The number of H-pyrrole nitrogens is 1. The molecule has 172 valence electrons. The van der Waals surface area contributed by atoms with Gasteiger partial charge in [0, 0.05) is 0 Å². The Morgan fingerprint density at radius 3 is 3.00 bits per heavy atom. The molecule has 8 heteroatoms. The van der Waals surface area contributed by atoms with Gasteiger partial charge in [0.2, 0.25) is 0 Å². The van der Waals surface area contributed by atoms with Gasteiger partial charge in [-0.05, 0) is 25.5 Å². The van der Waals surface area contributed by atoms with E-state index >= 15 is 0 Å². The fourth-order valence-electron chi connectivity index (χ4n) is 4.57. The predicted molar refractivity (Wildman–Crippen MR) is 127 cm³/mol. The second-order valence-corrected chi connectivity index (χ2v) is 13.9. The molecule has 0 amide bonds. The molecule has 0 radical (unpaired) electrons. The first-order valence-corrected chi connectivity index (χ1v) is 16.4. The minimum absolute atomic E-state index is 0.0968. The Morgan fingerprint density at radius 1 is 1.41 bits per heavy atom. The molecule has 0 spiro atoms. The number of aliphatic hydroxyl groups is 1. The van der Waals surface area contributed by atoms with Crippen molar-refractivity contribution in [3.05, 3.63) is 58.9 Å². The van der Waals surface area contributed by atoms with Crippen molar-refractivity contribution in [3.63, 3.8) is 0 Å². The number of hydrogen-bond donors (Lipinski definition) is 4. The molecule has 2 aromatic rings. The SMILES string of the molecule is C/C=C(/CO)O/C(=C/CC)C1CCC(c2cc(Nc3cc[c]4c(c3F)C[NH][Sb]4[CH3])n[nH]2)C1. The van der Waals surface area contributed by atoms with Gasteiger partial charge in [0.25, 0.3) is 0 Å². The number of aliphatic hydroxyl groups excluding tert-OH is 1. The summed E-state index contributed by atoms with van der Waals surface area (Å²) in [7, 11) is 0. The van der Waals surface area contributed by atoms with Gasteiger partial charge in [-0.25, -0.2) is 0 Å². The molecule has 0 saturated heterocycles. The fraction of sp³-hybridized carbons (Fsp3) is 0.458. The number of nitrogens with zero attached hydrogens (tertiary/aromatic N) is 1. The molecule has 2 unspecified atom stereocenters. The summed E-state index contributed by atoms with van der Waals surface area (Å²) in [6, 6.07) is 5.89. The Kier molecular flexibility index (Phi) is 7.59. The third kappa shape index (κ3) is 4.90. The second-order valence-electron chi connectivity index (χ2n) is 8.39.